The van der Waals surface area contributed by atoms with Crippen LogP contribution in [0.2, 0.25) is 0 Å². The highest BCUT2D eigenvalue weighted by molar-refractivity contribution is 5.74. The maximum atomic E-state index is 12.5. The molecule has 1 unspecified atom stereocenters. The fraction of sp³-hybridized carbons (Fsp3) is 0.278. The number of hydrogen-bond donors (Lipinski definition) is 1. The average Bonchev–Trinajstić information content (AvgIpc) is 2.52. The third kappa shape index (κ3) is 3.02. The summed E-state index contributed by atoms with van der Waals surface area (Å²) in [4.78, 5) is 24.1. The number of nitrogens with zero attached hydrogens (tertiary/aromatic N) is 2. The monoisotopic (exact) mass is 310 g/mol. The van der Waals surface area contributed by atoms with Crippen molar-refractivity contribution in [3.05, 3.63) is 57.4 Å². The number of rotatable bonds is 4. The molecule has 0 radical (unpaired) electrons. The number of pyridine rings is 1. The van der Waals surface area contributed by atoms with Gasteiger partial charge in [0.1, 0.15) is 17.7 Å². The second kappa shape index (κ2) is 6.49. The van der Waals surface area contributed by atoms with E-state index in [9.17, 15) is 14.7 Å². The molecule has 0 spiro atoms. The van der Waals surface area contributed by atoms with Crippen molar-refractivity contribution in [3.8, 4) is 17.3 Å². The zero-order valence-electron chi connectivity index (χ0n) is 13.3. The molecule has 5 nitrogen and oxygen atoms in total. The molecule has 1 aromatic carbocycles. The highest BCUT2D eigenvalue weighted by atomic mass is 16.4. The van der Waals surface area contributed by atoms with Crippen LogP contribution in [0, 0.1) is 25.2 Å². The molecule has 0 bridgehead atoms. The standard InChI is InChI=1S/C18H18N2O3/c1-4-15(18(22)23)20-16(8-7-14(10-19)17(20)21)13-6-5-11(2)12(3)9-13/h5-9,15H,4H2,1-3H3,(H,22,23). The molecule has 2 aromatic rings. The summed E-state index contributed by atoms with van der Waals surface area (Å²) in [7, 11) is 0. The summed E-state index contributed by atoms with van der Waals surface area (Å²) in [5.41, 5.74) is 2.80. The quantitative estimate of drug-likeness (QED) is 0.940. The molecular formula is C18H18N2O3. The van der Waals surface area contributed by atoms with Gasteiger partial charge in [-0.1, -0.05) is 19.1 Å². The molecule has 0 amide bonds. The van der Waals surface area contributed by atoms with E-state index in [4.69, 9.17) is 5.26 Å². The summed E-state index contributed by atoms with van der Waals surface area (Å²) < 4.78 is 1.21. The second-order valence-electron chi connectivity index (χ2n) is 5.48. The number of aliphatic carboxylic acids is 1. The summed E-state index contributed by atoms with van der Waals surface area (Å²) in [6.45, 7) is 5.64. The van der Waals surface area contributed by atoms with E-state index in [1.165, 1.54) is 10.6 Å². The van der Waals surface area contributed by atoms with E-state index < -0.39 is 17.6 Å². The van der Waals surface area contributed by atoms with Gasteiger partial charge in [-0.3, -0.25) is 9.36 Å². The highest BCUT2D eigenvalue weighted by Crippen LogP contribution is 2.25. The molecule has 0 aliphatic rings. The van der Waals surface area contributed by atoms with Crippen LogP contribution in [-0.4, -0.2) is 15.6 Å². The summed E-state index contributed by atoms with van der Waals surface area (Å²) in [5, 5.41) is 18.5. The lowest BCUT2D eigenvalue weighted by molar-refractivity contribution is -0.141. The van der Waals surface area contributed by atoms with Crippen molar-refractivity contribution >= 4 is 5.97 Å². The van der Waals surface area contributed by atoms with Gasteiger partial charge in [-0.05, 0) is 55.2 Å². The molecule has 1 N–H and O–H groups in total. The van der Waals surface area contributed by atoms with Crippen LogP contribution in [-0.2, 0) is 4.79 Å². The van der Waals surface area contributed by atoms with E-state index >= 15 is 0 Å². The molecule has 1 atom stereocenters. The fourth-order valence-electron chi connectivity index (χ4n) is 2.55. The Bertz CT molecular complexity index is 860. The molecule has 0 saturated carbocycles. The van der Waals surface area contributed by atoms with Crippen molar-refractivity contribution in [2.24, 2.45) is 0 Å². The summed E-state index contributed by atoms with van der Waals surface area (Å²) in [6.07, 6.45) is 0.252. The minimum Gasteiger partial charge on any atom is -0.480 e. The zero-order chi connectivity index (χ0) is 17.1. The van der Waals surface area contributed by atoms with Crippen molar-refractivity contribution < 1.29 is 9.90 Å². The van der Waals surface area contributed by atoms with Gasteiger partial charge in [0, 0.05) is 0 Å². The third-order valence-corrected chi connectivity index (χ3v) is 4.02. The van der Waals surface area contributed by atoms with Crippen LogP contribution in [0.5, 0.6) is 0 Å². The molecule has 0 aliphatic carbocycles. The first-order valence-electron chi connectivity index (χ1n) is 7.36. The van der Waals surface area contributed by atoms with Gasteiger partial charge in [0.2, 0.25) is 0 Å². The summed E-state index contributed by atoms with van der Waals surface area (Å²) >= 11 is 0. The first-order valence-corrected chi connectivity index (χ1v) is 7.36. The van der Waals surface area contributed by atoms with Gasteiger partial charge in [-0.2, -0.15) is 5.26 Å². The maximum Gasteiger partial charge on any atom is 0.326 e. The van der Waals surface area contributed by atoms with Crippen molar-refractivity contribution in [1.29, 1.82) is 5.26 Å². The summed E-state index contributed by atoms with van der Waals surface area (Å²) in [5.74, 6) is -1.09. The van der Waals surface area contributed by atoms with E-state index in [0.717, 1.165) is 16.7 Å². The Kier molecular flexibility index (Phi) is 4.65. The smallest absolute Gasteiger partial charge is 0.326 e. The second-order valence-corrected chi connectivity index (χ2v) is 5.48. The molecule has 0 saturated heterocycles. The van der Waals surface area contributed by atoms with Crippen LogP contribution in [0.4, 0.5) is 0 Å². The molecule has 5 heteroatoms. The predicted octanol–water partition coefficient (Wildman–Crippen LogP) is 3.04. The SMILES string of the molecule is CCC(C(=O)O)n1c(-c2ccc(C)c(C)c2)ccc(C#N)c1=O. The van der Waals surface area contributed by atoms with Crippen molar-refractivity contribution in [2.75, 3.05) is 0 Å². The van der Waals surface area contributed by atoms with Crippen molar-refractivity contribution in [3.63, 3.8) is 0 Å². The Morgan fingerprint density at radius 1 is 1.26 bits per heavy atom. The van der Waals surface area contributed by atoms with E-state index in [2.05, 4.69) is 0 Å². The summed E-state index contributed by atoms with van der Waals surface area (Å²) in [6, 6.07) is 9.60. The molecule has 23 heavy (non-hydrogen) atoms. The molecule has 1 aromatic heterocycles. The molecule has 118 valence electrons. The van der Waals surface area contributed by atoms with Crippen LogP contribution >= 0.6 is 0 Å². The third-order valence-electron chi connectivity index (χ3n) is 4.02. The van der Waals surface area contributed by atoms with Crippen LogP contribution in [0.1, 0.15) is 36.1 Å². The van der Waals surface area contributed by atoms with E-state index in [0.29, 0.717) is 5.69 Å². The molecule has 2 rings (SSSR count). The normalized spacial score (nSPS) is 11.7. The first-order chi connectivity index (χ1) is 10.9. The molecule has 0 aliphatic heterocycles. The van der Waals surface area contributed by atoms with E-state index in [1.54, 1.807) is 13.0 Å². The Morgan fingerprint density at radius 2 is 1.96 bits per heavy atom. The van der Waals surface area contributed by atoms with Gasteiger partial charge in [0.05, 0.1) is 5.69 Å². The lowest BCUT2D eigenvalue weighted by atomic mass is 10.0. The van der Waals surface area contributed by atoms with Crippen molar-refractivity contribution in [1.82, 2.24) is 4.57 Å². The molecule has 0 fully saturated rings. The topological polar surface area (TPSA) is 83.1 Å². The highest BCUT2D eigenvalue weighted by Gasteiger charge is 2.23. The van der Waals surface area contributed by atoms with Crippen LogP contribution in [0.3, 0.4) is 0 Å². The fourth-order valence-corrected chi connectivity index (χ4v) is 2.55. The van der Waals surface area contributed by atoms with Gasteiger partial charge in [0.15, 0.2) is 0 Å². The number of carboxylic acids is 1. The van der Waals surface area contributed by atoms with Gasteiger partial charge >= 0.3 is 5.97 Å². The number of carboxylic acid groups (broad SMARTS) is 1. The lowest BCUT2D eigenvalue weighted by Crippen LogP contribution is -2.32. The number of hydrogen-bond acceptors (Lipinski definition) is 3. The minimum atomic E-state index is -1.09. The Morgan fingerprint density at radius 3 is 2.48 bits per heavy atom. The number of aromatic nitrogens is 1. The number of aryl methyl sites for hydroxylation is 2. The molecular weight excluding hydrogens is 292 g/mol. The van der Waals surface area contributed by atoms with Gasteiger partial charge in [-0.15, -0.1) is 0 Å². The Balaban J connectivity index is 2.80. The van der Waals surface area contributed by atoms with Gasteiger partial charge < -0.3 is 5.11 Å². The first kappa shape index (κ1) is 16.5. The van der Waals surface area contributed by atoms with Crippen LogP contribution in [0.25, 0.3) is 11.3 Å². The number of nitriles is 1. The number of carbonyl (C=O) groups is 1. The van der Waals surface area contributed by atoms with Crippen molar-refractivity contribution in [2.45, 2.75) is 33.2 Å². The predicted molar refractivity (Wildman–Crippen MR) is 87.3 cm³/mol. The minimum absolute atomic E-state index is 0.0581. The van der Waals surface area contributed by atoms with Gasteiger partial charge in [-0.25, -0.2) is 4.79 Å². The zero-order valence-corrected chi connectivity index (χ0v) is 13.3. The Labute approximate surface area is 134 Å². The number of benzene rings is 1. The average molecular weight is 310 g/mol. The molecule has 1 heterocycles. The largest absolute Gasteiger partial charge is 0.480 e. The van der Waals surface area contributed by atoms with Gasteiger partial charge in [0.25, 0.3) is 5.56 Å². The van der Waals surface area contributed by atoms with E-state index in [1.807, 2.05) is 38.1 Å². The maximum absolute atomic E-state index is 12.5. The van der Waals surface area contributed by atoms with Crippen LogP contribution < -0.4 is 5.56 Å². The Hall–Kier alpha value is -2.87. The van der Waals surface area contributed by atoms with Crippen LogP contribution in [0.15, 0.2) is 35.1 Å². The lowest BCUT2D eigenvalue weighted by Gasteiger charge is -2.19. The van der Waals surface area contributed by atoms with E-state index in [-0.39, 0.29) is 12.0 Å².